The number of terminal acetylenes is 1. The van der Waals surface area contributed by atoms with Crippen molar-refractivity contribution in [2.45, 2.75) is 38.6 Å². The van der Waals surface area contributed by atoms with Crippen LogP contribution in [0.1, 0.15) is 32.6 Å². The van der Waals surface area contributed by atoms with Gasteiger partial charge in [0.2, 0.25) is 0 Å². The molecule has 1 heterocycles. The fraction of sp³-hybridized carbons (Fsp3) is 0.692. The Kier molecular flexibility index (Phi) is 6.06. The van der Waals surface area contributed by atoms with Crippen molar-refractivity contribution < 1.29 is 19.1 Å². The molecule has 0 aromatic heterocycles. The van der Waals surface area contributed by atoms with Crippen LogP contribution in [0, 0.1) is 12.3 Å². The molecule has 0 spiro atoms. The number of ether oxygens (including phenoxy) is 2. The van der Waals surface area contributed by atoms with Crippen LogP contribution in [0.25, 0.3) is 0 Å². The van der Waals surface area contributed by atoms with Gasteiger partial charge in [0.1, 0.15) is 6.04 Å². The molecule has 1 aliphatic rings. The van der Waals surface area contributed by atoms with Gasteiger partial charge in [-0.15, -0.1) is 6.42 Å². The summed E-state index contributed by atoms with van der Waals surface area (Å²) in [6.07, 6.45) is 7.67. The van der Waals surface area contributed by atoms with Crippen LogP contribution in [-0.4, -0.2) is 42.8 Å². The molecule has 1 unspecified atom stereocenters. The highest BCUT2D eigenvalue weighted by Crippen LogP contribution is 2.19. The van der Waals surface area contributed by atoms with E-state index in [0.717, 1.165) is 19.3 Å². The van der Waals surface area contributed by atoms with E-state index in [1.807, 2.05) is 6.92 Å². The summed E-state index contributed by atoms with van der Waals surface area (Å²) in [7, 11) is 0. The monoisotopic (exact) mass is 253 g/mol. The molecule has 1 atom stereocenters. The maximum Gasteiger partial charge on any atom is 0.411 e. The summed E-state index contributed by atoms with van der Waals surface area (Å²) in [5.74, 6) is 1.87. The lowest BCUT2D eigenvalue weighted by Gasteiger charge is -2.22. The first kappa shape index (κ1) is 14.4. The van der Waals surface area contributed by atoms with Gasteiger partial charge >= 0.3 is 12.1 Å². The highest BCUT2D eigenvalue weighted by molar-refractivity contribution is 5.82. The first-order valence-electron chi connectivity index (χ1n) is 6.24. The van der Waals surface area contributed by atoms with E-state index < -0.39 is 12.1 Å². The maximum absolute atomic E-state index is 11.8. The SMILES string of the molecule is C#CCOC(=O)N1CCCC1C(=O)OCCCC. The number of rotatable bonds is 5. The normalized spacial score (nSPS) is 18.2. The van der Waals surface area contributed by atoms with Crippen molar-refractivity contribution in [2.24, 2.45) is 0 Å². The van der Waals surface area contributed by atoms with Crippen LogP contribution in [0.15, 0.2) is 0 Å². The third kappa shape index (κ3) is 3.95. The quantitative estimate of drug-likeness (QED) is 0.424. The topological polar surface area (TPSA) is 55.8 Å². The van der Waals surface area contributed by atoms with E-state index >= 15 is 0 Å². The highest BCUT2D eigenvalue weighted by Gasteiger charge is 2.36. The van der Waals surface area contributed by atoms with Gasteiger partial charge in [-0.2, -0.15) is 0 Å². The van der Waals surface area contributed by atoms with Gasteiger partial charge in [0, 0.05) is 6.54 Å². The Balaban J connectivity index is 2.46. The summed E-state index contributed by atoms with van der Waals surface area (Å²) >= 11 is 0. The fourth-order valence-electron chi connectivity index (χ4n) is 1.83. The summed E-state index contributed by atoms with van der Waals surface area (Å²) in [4.78, 5) is 24.8. The van der Waals surface area contributed by atoms with Crippen molar-refractivity contribution in [3.8, 4) is 12.3 Å². The van der Waals surface area contributed by atoms with Crippen LogP contribution in [0.3, 0.4) is 0 Å². The van der Waals surface area contributed by atoms with E-state index in [1.54, 1.807) is 0 Å². The molecule has 1 saturated heterocycles. The average molecular weight is 253 g/mol. The number of nitrogens with zero attached hydrogens (tertiary/aromatic N) is 1. The zero-order valence-electron chi connectivity index (χ0n) is 10.7. The standard InChI is InChI=1S/C13H19NO4/c1-3-5-10-17-12(15)11-7-6-8-14(11)13(16)18-9-4-2/h2,11H,3,5-10H2,1H3. The minimum Gasteiger partial charge on any atom is -0.464 e. The predicted octanol–water partition coefficient (Wildman–Crippen LogP) is 1.56. The minimum absolute atomic E-state index is 0.0765. The van der Waals surface area contributed by atoms with Crippen LogP contribution in [0.4, 0.5) is 4.79 Å². The van der Waals surface area contributed by atoms with Gasteiger partial charge in [-0.3, -0.25) is 4.90 Å². The molecular weight excluding hydrogens is 234 g/mol. The molecule has 1 amide bonds. The number of hydrogen-bond donors (Lipinski definition) is 0. The Morgan fingerprint density at radius 2 is 2.22 bits per heavy atom. The van der Waals surface area contributed by atoms with E-state index in [2.05, 4.69) is 5.92 Å². The average Bonchev–Trinajstić information content (AvgIpc) is 2.85. The molecule has 0 aliphatic carbocycles. The smallest absolute Gasteiger partial charge is 0.411 e. The van der Waals surface area contributed by atoms with Gasteiger partial charge in [-0.05, 0) is 19.3 Å². The van der Waals surface area contributed by atoms with Crippen molar-refractivity contribution in [2.75, 3.05) is 19.8 Å². The summed E-state index contributed by atoms with van der Waals surface area (Å²) in [6.45, 7) is 2.86. The van der Waals surface area contributed by atoms with Crippen LogP contribution >= 0.6 is 0 Å². The van der Waals surface area contributed by atoms with Crippen molar-refractivity contribution in [3.05, 3.63) is 0 Å². The Hall–Kier alpha value is -1.70. The van der Waals surface area contributed by atoms with Crippen molar-refractivity contribution in [1.82, 2.24) is 4.90 Å². The molecule has 0 saturated carbocycles. The van der Waals surface area contributed by atoms with E-state index in [0.29, 0.717) is 19.6 Å². The molecule has 1 rings (SSSR count). The molecule has 18 heavy (non-hydrogen) atoms. The minimum atomic E-state index is -0.539. The van der Waals surface area contributed by atoms with Gasteiger partial charge in [-0.25, -0.2) is 9.59 Å². The molecular formula is C13H19NO4. The molecule has 5 nitrogen and oxygen atoms in total. The Morgan fingerprint density at radius 1 is 1.44 bits per heavy atom. The third-order valence-electron chi connectivity index (χ3n) is 2.78. The largest absolute Gasteiger partial charge is 0.464 e. The van der Waals surface area contributed by atoms with E-state index in [1.165, 1.54) is 4.90 Å². The Bertz CT molecular complexity index is 334. The molecule has 1 fully saturated rings. The maximum atomic E-state index is 11.8. The molecule has 5 heteroatoms. The zero-order valence-corrected chi connectivity index (χ0v) is 10.7. The van der Waals surface area contributed by atoms with Gasteiger partial charge < -0.3 is 9.47 Å². The number of carbonyl (C=O) groups excluding carboxylic acids is 2. The second-order valence-electron chi connectivity index (χ2n) is 4.13. The molecule has 0 aromatic rings. The third-order valence-corrected chi connectivity index (χ3v) is 2.78. The van der Waals surface area contributed by atoms with Gasteiger partial charge in [0.05, 0.1) is 6.61 Å². The van der Waals surface area contributed by atoms with E-state index in [9.17, 15) is 9.59 Å². The first-order chi connectivity index (χ1) is 8.70. The number of hydrogen-bond acceptors (Lipinski definition) is 4. The van der Waals surface area contributed by atoms with Crippen LogP contribution in [0.2, 0.25) is 0 Å². The van der Waals surface area contributed by atoms with Gasteiger partial charge in [-0.1, -0.05) is 19.3 Å². The van der Waals surface area contributed by atoms with Gasteiger partial charge in [0.25, 0.3) is 0 Å². The zero-order chi connectivity index (χ0) is 13.4. The molecule has 0 bridgehead atoms. The highest BCUT2D eigenvalue weighted by atomic mass is 16.6. The Morgan fingerprint density at radius 3 is 2.89 bits per heavy atom. The molecule has 0 N–H and O–H groups in total. The van der Waals surface area contributed by atoms with Crippen molar-refractivity contribution in [3.63, 3.8) is 0 Å². The fourth-order valence-corrected chi connectivity index (χ4v) is 1.83. The lowest BCUT2D eigenvalue weighted by atomic mass is 10.2. The molecule has 0 radical (unpaired) electrons. The summed E-state index contributed by atoms with van der Waals surface area (Å²) in [5, 5.41) is 0. The number of esters is 1. The first-order valence-corrected chi connectivity index (χ1v) is 6.24. The molecule has 0 aromatic carbocycles. The van der Waals surface area contributed by atoms with Crippen molar-refractivity contribution >= 4 is 12.1 Å². The van der Waals surface area contributed by atoms with Crippen LogP contribution in [-0.2, 0) is 14.3 Å². The second-order valence-corrected chi connectivity index (χ2v) is 4.13. The second kappa shape index (κ2) is 7.59. The van der Waals surface area contributed by atoms with Gasteiger partial charge in [0.15, 0.2) is 6.61 Å². The van der Waals surface area contributed by atoms with Crippen LogP contribution in [0.5, 0.6) is 0 Å². The summed E-state index contributed by atoms with van der Waals surface area (Å²) < 4.78 is 9.95. The lowest BCUT2D eigenvalue weighted by molar-refractivity contribution is -0.148. The number of unbranched alkanes of at least 4 members (excludes halogenated alkanes) is 1. The van der Waals surface area contributed by atoms with E-state index in [-0.39, 0.29) is 12.6 Å². The van der Waals surface area contributed by atoms with Crippen molar-refractivity contribution in [1.29, 1.82) is 0 Å². The molecule has 1 aliphatic heterocycles. The number of carbonyl (C=O) groups is 2. The lowest BCUT2D eigenvalue weighted by Crippen LogP contribution is -2.41. The summed E-state index contributed by atoms with van der Waals surface area (Å²) in [5.41, 5.74) is 0. The van der Waals surface area contributed by atoms with E-state index in [4.69, 9.17) is 15.9 Å². The molecule has 100 valence electrons. The van der Waals surface area contributed by atoms with Crippen LogP contribution < -0.4 is 0 Å². The Labute approximate surface area is 107 Å². The summed E-state index contributed by atoms with van der Waals surface area (Å²) in [6, 6.07) is -0.521. The predicted molar refractivity (Wildman–Crippen MR) is 65.8 cm³/mol. The number of amides is 1. The number of likely N-dealkylation sites (tertiary alicyclic amines) is 1.